The van der Waals surface area contributed by atoms with Gasteiger partial charge in [0.15, 0.2) is 0 Å². The number of benzene rings is 1. The fraction of sp³-hybridized carbons (Fsp3) is 0.238. The molecule has 0 saturated carbocycles. The molecule has 0 spiro atoms. The van der Waals surface area contributed by atoms with Gasteiger partial charge < -0.3 is 15.2 Å². The average molecular weight is 395 g/mol. The molecular weight excluding hydrogens is 373 g/mol. The van der Waals surface area contributed by atoms with Crippen molar-refractivity contribution >= 4 is 11.8 Å². The highest BCUT2D eigenvalue weighted by Gasteiger charge is 2.21. The SMILES string of the molecule is CC(C)N(Cc1ccc(F)c(-c2ccc(C(N)=O)nc2)c1)C(=O)c1cn(C)cn1. The van der Waals surface area contributed by atoms with Gasteiger partial charge in [-0.25, -0.2) is 9.37 Å². The van der Waals surface area contributed by atoms with Crippen LogP contribution in [-0.2, 0) is 13.6 Å². The Labute approximate surface area is 168 Å². The second kappa shape index (κ2) is 8.22. The molecule has 0 aliphatic heterocycles. The van der Waals surface area contributed by atoms with E-state index >= 15 is 0 Å². The van der Waals surface area contributed by atoms with Crippen LogP contribution < -0.4 is 5.73 Å². The maximum Gasteiger partial charge on any atom is 0.274 e. The van der Waals surface area contributed by atoms with Crippen molar-refractivity contribution in [2.24, 2.45) is 12.8 Å². The number of nitrogens with zero attached hydrogens (tertiary/aromatic N) is 4. The molecule has 2 N–H and O–H groups in total. The predicted octanol–water partition coefficient (Wildman–Crippen LogP) is 2.77. The van der Waals surface area contributed by atoms with E-state index in [1.54, 1.807) is 47.2 Å². The van der Waals surface area contributed by atoms with Gasteiger partial charge in [0.2, 0.25) is 0 Å². The minimum atomic E-state index is -0.647. The molecule has 0 saturated heterocycles. The van der Waals surface area contributed by atoms with Gasteiger partial charge in [-0.1, -0.05) is 12.1 Å². The summed E-state index contributed by atoms with van der Waals surface area (Å²) >= 11 is 0. The van der Waals surface area contributed by atoms with Gasteiger partial charge in [0, 0.05) is 43.2 Å². The zero-order valence-electron chi connectivity index (χ0n) is 16.5. The van der Waals surface area contributed by atoms with Crippen LogP contribution in [0.5, 0.6) is 0 Å². The van der Waals surface area contributed by atoms with Gasteiger partial charge in [-0.3, -0.25) is 14.6 Å². The fourth-order valence-electron chi connectivity index (χ4n) is 2.95. The first-order valence-electron chi connectivity index (χ1n) is 9.10. The number of amides is 2. The summed E-state index contributed by atoms with van der Waals surface area (Å²) in [6, 6.07) is 7.65. The van der Waals surface area contributed by atoms with E-state index in [9.17, 15) is 14.0 Å². The van der Waals surface area contributed by atoms with E-state index in [-0.39, 0.29) is 17.6 Å². The third-order valence-corrected chi connectivity index (χ3v) is 4.52. The molecule has 3 rings (SSSR count). The molecule has 8 heteroatoms. The quantitative estimate of drug-likeness (QED) is 0.694. The number of halogens is 1. The highest BCUT2D eigenvalue weighted by molar-refractivity contribution is 5.92. The summed E-state index contributed by atoms with van der Waals surface area (Å²) in [5.74, 6) is -1.26. The zero-order valence-corrected chi connectivity index (χ0v) is 16.5. The van der Waals surface area contributed by atoms with Crippen LogP contribution in [0.15, 0.2) is 49.1 Å². The first kappa shape index (κ1) is 20.2. The van der Waals surface area contributed by atoms with Crippen molar-refractivity contribution in [3.8, 4) is 11.1 Å². The van der Waals surface area contributed by atoms with E-state index in [0.29, 0.717) is 23.4 Å². The van der Waals surface area contributed by atoms with Gasteiger partial charge in [-0.05, 0) is 37.6 Å². The molecule has 0 aliphatic rings. The molecule has 2 aromatic heterocycles. The number of aryl methyl sites for hydroxylation is 1. The van der Waals surface area contributed by atoms with Crippen LogP contribution in [0.3, 0.4) is 0 Å². The van der Waals surface area contributed by atoms with Gasteiger partial charge >= 0.3 is 0 Å². The summed E-state index contributed by atoms with van der Waals surface area (Å²) in [6.07, 6.45) is 4.64. The summed E-state index contributed by atoms with van der Waals surface area (Å²) in [4.78, 5) is 33.8. The van der Waals surface area contributed by atoms with Crippen molar-refractivity contribution in [3.63, 3.8) is 0 Å². The normalized spacial score (nSPS) is 10.9. The number of carbonyl (C=O) groups excluding carboxylic acids is 2. The number of nitrogens with two attached hydrogens (primary N) is 1. The maximum atomic E-state index is 14.4. The number of rotatable bonds is 6. The molecule has 0 aliphatic carbocycles. The fourth-order valence-corrected chi connectivity index (χ4v) is 2.95. The Morgan fingerprint density at radius 2 is 1.93 bits per heavy atom. The largest absolute Gasteiger partial charge is 0.364 e. The van der Waals surface area contributed by atoms with Gasteiger partial charge in [0.25, 0.3) is 11.8 Å². The lowest BCUT2D eigenvalue weighted by Gasteiger charge is -2.26. The van der Waals surface area contributed by atoms with Crippen molar-refractivity contribution < 1.29 is 14.0 Å². The van der Waals surface area contributed by atoms with Crippen LogP contribution in [-0.4, -0.2) is 37.3 Å². The van der Waals surface area contributed by atoms with Crippen LogP contribution in [0.25, 0.3) is 11.1 Å². The number of pyridine rings is 1. The van der Waals surface area contributed by atoms with Crippen molar-refractivity contribution in [2.75, 3.05) is 0 Å². The van der Waals surface area contributed by atoms with Gasteiger partial charge in [0.1, 0.15) is 17.2 Å². The third-order valence-electron chi connectivity index (χ3n) is 4.52. The van der Waals surface area contributed by atoms with Crippen LogP contribution in [0, 0.1) is 5.82 Å². The summed E-state index contributed by atoms with van der Waals surface area (Å²) in [5, 5.41) is 0. The van der Waals surface area contributed by atoms with Gasteiger partial charge in [-0.15, -0.1) is 0 Å². The van der Waals surface area contributed by atoms with Crippen molar-refractivity contribution in [1.29, 1.82) is 0 Å². The summed E-state index contributed by atoms with van der Waals surface area (Å²) < 4.78 is 16.1. The smallest absolute Gasteiger partial charge is 0.274 e. The number of aromatic nitrogens is 3. The third kappa shape index (κ3) is 4.48. The van der Waals surface area contributed by atoms with E-state index < -0.39 is 11.7 Å². The Balaban J connectivity index is 1.89. The summed E-state index contributed by atoms with van der Waals surface area (Å²) in [7, 11) is 1.80. The van der Waals surface area contributed by atoms with Crippen LogP contribution >= 0.6 is 0 Å². The first-order valence-corrected chi connectivity index (χ1v) is 9.10. The standard InChI is InChI=1S/C21H22FN5O2/c1-13(2)27(21(29)19-11-26(3)12-25-19)10-14-4-6-17(22)16(8-14)15-5-7-18(20(23)28)24-9-15/h4-9,11-13H,10H2,1-3H3,(H2,23,28). The second-order valence-electron chi connectivity index (χ2n) is 7.06. The van der Waals surface area contributed by atoms with Crippen molar-refractivity contribution in [3.05, 3.63) is 71.8 Å². The van der Waals surface area contributed by atoms with Crippen LogP contribution in [0.1, 0.15) is 40.4 Å². The molecule has 0 unspecified atom stereocenters. The number of imidazole rings is 1. The van der Waals surface area contributed by atoms with E-state index in [2.05, 4.69) is 9.97 Å². The van der Waals surface area contributed by atoms with Crippen molar-refractivity contribution in [2.45, 2.75) is 26.4 Å². The molecule has 0 bridgehead atoms. The van der Waals surface area contributed by atoms with E-state index in [1.165, 1.54) is 18.3 Å². The van der Waals surface area contributed by atoms with Crippen LogP contribution in [0.4, 0.5) is 4.39 Å². The minimum absolute atomic E-state index is 0.0745. The Bertz CT molecular complexity index is 1040. The molecule has 2 heterocycles. The number of carbonyl (C=O) groups is 2. The molecule has 0 radical (unpaired) electrons. The Morgan fingerprint density at radius 1 is 1.17 bits per heavy atom. The lowest BCUT2D eigenvalue weighted by Crippen LogP contribution is -2.36. The summed E-state index contributed by atoms with van der Waals surface area (Å²) in [6.45, 7) is 4.13. The molecule has 29 heavy (non-hydrogen) atoms. The van der Waals surface area contributed by atoms with Crippen molar-refractivity contribution in [1.82, 2.24) is 19.4 Å². The molecular formula is C21H22FN5O2. The Hall–Kier alpha value is -3.55. The highest BCUT2D eigenvalue weighted by Crippen LogP contribution is 2.25. The molecule has 0 fully saturated rings. The van der Waals surface area contributed by atoms with E-state index in [1.807, 2.05) is 13.8 Å². The average Bonchev–Trinajstić information content (AvgIpc) is 3.13. The Kier molecular flexibility index (Phi) is 5.72. The summed E-state index contributed by atoms with van der Waals surface area (Å²) in [5.41, 5.74) is 7.27. The van der Waals surface area contributed by atoms with E-state index in [0.717, 1.165) is 5.56 Å². The molecule has 1 aromatic carbocycles. The molecule has 0 atom stereocenters. The lowest BCUT2D eigenvalue weighted by molar-refractivity contribution is 0.0684. The number of hydrogen-bond donors (Lipinski definition) is 1. The first-order chi connectivity index (χ1) is 13.8. The number of hydrogen-bond acceptors (Lipinski definition) is 4. The second-order valence-corrected chi connectivity index (χ2v) is 7.06. The Morgan fingerprint density at radius 3 is 2.48 bits per heavy atom. The molecule has 2 amide bonds. The predicted molar refractivity (Wildman–Crippen MR) is 106 cm³/mol. The maximum absolute atomic E-state index is 14.4. The number of primary amides is 1. The monoisotopic (exact) mass is 395 g/mol. The minimum Gasteiger partial charge on any atom is -0.364 e. The zero-order chi connectivity index (χ0) is 21.1. The van der Waals surface area contributed by atoms with Gasteiger partial charge in [-0.2, -0.15) is 0 Å². The lowest BCUT2D eigenvalue weighted by atomic mass is 10.0. The highest BCUT2D eigenvalue weighted by atomic mass is 19.1. The van der Waals surface area contributed by atoms with E-state index in [4.69, 9.17) is 5.73 Å². The topological polar surface area (TPSA) is 94.1 Å². The van der Waals surface area contributed by atoms with Crippen LogP contribution in [0.2, 0.25) is 0 Å². The molecule has 7 nitrogen and oxygen atoms in total. The molecule has 3 aromatic rings. The van der Waals surface area contributed by atoms with Gasteiger partial charge in [0.05, 0.1) is 6.33 Å². The molecule has 150 valence electrons.